The second-order valence-corrected chi connectivity index (χ2v) is 9.06. The first-order chi connectivity index (χ1) is 13.6. The van der Waals surface area contributed by atoms with Crippen molar-refractivity contribution in [2.24, 2.45) is 0 Å². The van der Waals surface area contributed by atoms with Crippen LogP contribution in [0.15, 0.2) is 46.8 Å². The number of aromatic nitrogens is 2. The van der Waals surface area contributed by atoms with Gasteiger partial charge in [-0.25, -0.2) is 4.68 Å². The van der Waals surface area contributed by atoms with Crippen molar-refractivity contribution in [3.63, 3.8) is 0 Å². The fourth-order valence-electron chi connectivity index (χ4n) is 2.49. The summed E-state index contributed by atoms with van der Waals surface area (Å²) in [6.07, 6.45) is 0. The van der Waals surface area contributed by atoms with Crippen LogP contribution in [-0.4, -0.2) is 28.2 Å². The van der Waals surface area contributed by atoms with E-state index in [1.165, 1.54) is 23.1 Å². The highest BCUT2D eigenvalue weighted by Gasteiger charge is 2.14. The molecule has 144 valence electrons. The fourth-order valence-corrected chi connectivity index (χ4v) is 4.81. The molecule has 1 amide bonds. The summed E-state index contributed by atoms with van der Waals surface area (Å²) in [6.45, 7) is 0.654. The van der Waals surface area contributed by atoms with Gasteiger partial charge in [-0.3, -0.25) is 4.79 Å². The molecule has 0 aliphatic carbocycles. The van der Waals surface area contributed by atoms with E-state index in [2.05, 4.69) is 10.4 Å². The predicted octanol–water partition coefficient (Wildman–Crippen LogP) is 4.45. The predicted molar refractivity (Wildman–Crippen MR) is 112 cm³/mol. The number of halogens is 1. The highest BCUT2D eigenvalue weighted by atomic mass is 35.5. The van der Waals surface area contributed by atoms with Gasteiger partial charge in [-0.15, -0.1) is 5.10 Å². The zero-order valence-corrected chi connectivity index (χ0v) is 17.6. The highest BCUT2D eigenvalue weighted by molar-refractivity contribution is 8.01. The molecule has 2 aromatic carbocycles. The average molecular weight is 452 g/mol. The van der Waals surface area contributed by atoms with Crippen LogP contribution in [0.5, 0.6) is 11.5 Å². The van der Waals surface area contributed by atoms with Crippen LogP contribution in [0, 0.1) is 3.95 Å². The maximum atomic E-state index is 12.2. The number of rotatable bonds is 6. The Bertz CT molecular complexity index is 1070. The summed E-state index contributed by atoms with van der Waals surface area (Å²) in [5, 5.41) is 8.02. The van der Waals surface area contributed by atoms with E-state index in [-0.39, 0.29) is 18.5 Å². The number of benzene rings is 2. The quantitative estimate of drug-likeness (QED) is 0.441. The molecule has 1 N–H and O–H groups in total. The van der Waals surface area contributed by atoms with E-state index in [0.29, 0.717) is 21.3 Å². The smallest absolute Gasteiger partial charge is 0.231 e. The number of carbonyl (C=O) groups excluding carboxylic acids is 1. The molecule has 1 aliphatic heterocycles. The maximum Gasteiger partial charge on any atom is 0.231 e. The zero-order valence-electron chi connectivity index (χ0n) is 14.4. The van der Waals surface area contributed by atoms with Gasteiger partial charge in [-0.05, 0) is 54.2 Å². The van der Waals surface area contributed by atoms with Gasteiger partial charge in [0, 0.05) is 11.6 Å². The van der Waals surface area contributed by atoms with Crippen molar-refractivity contribution in [1.82, 2.24) is 15.1 Å². The molecule has 1 aliphatic rings. The topological polar surface area (TPSA) is 65.4 Å². The highest BCUT2D eigenvalue weighted by Crippen LogP contribution is 2.32. The maximum absolute atomic E-state index is 12.2. The zero-order chi connectivity index (χ0) is 19.5. The summed E-state index contributed by atoms with van der Waals surface area (Å²) in [4.78, 5) is 12.2. The van der Waals surface area contributed by atoms with E-state index >= 15 is 0 Å². The van der Waals surface area contributed by atoms with Gasteiger partial charge in [0.1, 0.15) is 0 Å². The number of thioether (sulfide) groups is 1. The lowest BCUT2D eigenvalue weighted by Gasteiger charge is -2.05. The number of amides is 1. The number of nitrogens with zero attached hydrogens (tertiary/aromatic N) is 2. The molecule has 0 saturated carbocycles. The molecule has 0 atom stereocenters. The van der Waals surface area contributed by atoms with Crippen molar-refractivity contribution in [3.05, 3.63) is 57.0 Å². The lowest BCUT2D eigenvalue weighted by Crippen LogP contribution is -2.24. The average Bonchev–Trinajstić information content (AvgIpc) is 3.31. The minimum atomic E-state index is -0.0816. The first-order valence-corrected chi connectivity index (χ1v) is 10.8. The summed E-state index contributed by atoms with van der Waals surface area (Å²) in [7, 11) is 0. The molecular formula is C18H14ClN3O3S3. The summed E-state index contributed by atoms with van der Waals surface area (Å²) in [5.41, 5.74) is 1.79. The van der Waals surface area contributed by atoms with Crippen LogP contribution in [0.25, 0.3) is 5.69 Å². The molecule has 10 heteroatoms. The molecule has 0 spiro atoms. The first kappa shape index (κ1) is 19.3. The Labute approximate surface area is 179 Å². The number of fused-ring (bicyclic) bond motifs is 1. The molecule has 3 aromatic rings. The Morgan fingerprint density at radius 3 is 2.86 bits per heavy atom. The third-order valence-electron chi connectivity index (χ3n) is 3.85. The number of carbonyl (C=O) groups is 1. The Morgan fingerprint density at radius 2 is 2.04 bits per heavy atom. The van der Waals surface area contributed by atoms with E-state index in [1.54, 1.807) is 16.8 Å². The molecule has 28 heavy (non-hydrogen) atoms. The standard InChI is InChI=1S/C18H14ClN3O3S3/c19-12-2-4-13(5-3-12)22-18(26)28-17(21-22)27-9-16(23)20-8-11-1-6-14-15(7-11)25-10-24-14/h1-7H,8-10H2,(H,20,23). The Kier molecular flexibility index (Phi) is 5.86. The van der Waals surface area contributed by atoms with Crippen molar-refractivity contribution in [3.8, 4) is 17.2 Å². The SMILES string of the molecule is O=C(CSc1nn(-c2ccc(Cl)cc2)c(=S)s1)NCc1ccc2c(c1)OCO2. The van der Waals surface area contributed by atoms with Crippen molar-refractivity contribution >= 4 is 52.8 Å². The van der Waals surface area contributed by atoms with Crippen LogP contribution in [0.1, 0.15) is 5.56 Å². The molecular weight excluding hydrogens is 438 g/mol. The van der Waals surface area contributed by atoms with Crippen LogP contribution < -0.4 is 14.8 Å². The van der Waals surface area contributed by atoms with Gasteiger partial charge in [0.25, 0.3) is 0 Å². The van der Waals surface area contributed by atoms with Crippen LogP contribution in [0.4, 0.5) is 0 Å². The van der Waals surface area contributed by atoms with Crippen molar-refractivity contribution in [1.29, 1.82) is 0 Å². The molecule has 2 heterocycles. The van der Waals surface area contributed by atoms with Gasteiger partial charge in [0.2, 0.25) is 12.7 Å². The molecule has 0 bridgehead atoms. The summed E-state index contributed by atoms with van der Waals surface area (Å²) >= 11 is 14.0. The van der Waals surface area contributed by atoms with Gasteiger partial charge < -0.3 is 14.8 Å². The monoisotopic (exact) mass is 451 g/mol. The molecule has 0 radical (unpaired) electrons. The van der Waals surface area contributed by atoms with Gasteiger partial charge in [0.15, 0.2) is 19.8 Å². The van der Waals surface area contributed by atoms with Crippen LogP contribution in [0.2, 0.25) is 5.02 Å². The summed E-state index contributed by atoms with van der Waals surface area (Å²) < 4.78 is 13.6. The Hall–Kier alpha value is -2.07. The number of hydrogen-bond acceptors (Lipinski definition) is 7. The second-order valence-electron chi connectivity index (χ2n) is 5.78. The molecule has 4 rings (SSSR count). The fraction of sp³-hybridized carbons (Fsp3) is 0.167. The lowest BCUT2D eigenvalue weighted by atomic mass is 10.2. The largest absolute Gasteiger partial charge is 0.454 e. The third kappa shape index (κ3) is 4.49. The molecule has 0 saturated heterocycles. The summed E-state index contributed by atoms with van der Waals surface area (Å²) in [5.74, 6) is 1.60. The van der Waals surface area contributed by atoms with E-state index in [1.807, 2.05) is 30.3 Å². The van der Waals surface area contributed by atoms with E-state index in [0.717, 1.165) is 21.3 Å². The van der Waals surface area contributed by atoms with Crippen molar-refractivity contribution in [2.45, 2.75) is 10.9 Å². The van der Waals surface area contributed by atoms with Crippen molar-refractivity contribution in [2.75, 3.05) is 12.5 Å². The van der Waals surface area contributed by atoms with Gasteiger partial charge in [-0.2, -0.15) is 0 Å². The van der Waals surface area contributed by atoms with E-state index in [9.17, 15) is 4.79 Å². The molecule has 0 unspecified atom stereocenters. The van der Waals surface area contributed by atoms with Gasteiger partial charge in [-0.1, -0.05) is 40.8 Å². The number of hydrogen-bond donors (Lipinski definition) is 1. The minimum absolute atomic E-state index is 0.0816. The molecule has 1 aromatic heterocycles. The Morgan fingerprint density at radius 1 is 1.25 bits per heavy atom. The molecule has 0 fully saturated rings. The number of ether oxygens (including phenoxy) is 2. The Balaban J connectivity index is 1.32. The third-order valence-corrected chi connectivity index (χ3v) is 6.47. The summed E-state index contributed by atoms with van der Waals surface area (Å²) in [6, 6.07) is 12.9. The minimum Gasteiger partial charge on any atom is -0.454 e. The van der Waals surface area contributed by atoms with Crippen LogP contribution in [-0.2, 0) is 11.3 Å². The second kappa shape index (κ2) is 8.52. The van der Waals surface area contributed by atoms with E-state index in [4.69, 9.17) is 33.3 Å². The lowest BCUT2D eigenvalue weighted by molar-refractivity contribution is -0.118. The first-order valence-electron chi connectivity index (χ1n) is 8.22. The number of nitrogens with one attached hydrogen (secondary N) is 1. The van der Waals surface area contributed by atoms with Crippen LogP contribution >= 0.6 is 46.9 Å². The van der Waals surface area contributed by atoms with Crippen LogP contribution in [0.3, 0.4) is 0 Å². The van der Waals surface area contributed by atoms with E-state index < -0.39 is 0 Å². The van der Waals surface area contributed by atoms with Gasteiger partial charge in [0.05, 0.1) is 11.4 Å². The van der Waals surface area contributed by atoms with Crippen molar-refractivity contribution < 1.29 is 14.3 Å². The van der Waals surface area contributed by atoms with Gasteiger partial charge >= 0.3 is 0 Å². The molecule has 6 nitrogen and oxygen atoms in total. The normalized spacial score (nSPS) is 12.2.